The minimum atomic E-state index is -0.292. The number of amides is 1. The number of ether oxygens (including phenoxy) is 1. The fourth-order valence-electron chi connectivity index (χ4n) is 4.12. The van der Waals surface area contributed by atoms with Gasteiger partial charge in [-0.1, -0.05) is 59.3 Å². The Kier molecular flexibility index (Phi) is 7.04. The predicted molar refractivity (Wildman–Crippen MR) is 133 cm³/mol. The van der Waals surface area contributed by atoms with Crippen molar-refractivity contribution < 1.29 is 18.4 Å². The van der Waals surface area contributed by atoms with Crippen LogP contribution in [0.2, 0.25) is 0 Å². The number of nitrogens with zero attached hydrogens (tertiary/aromatic N) is 4. The van der Waals surface area contributed by atoms with Crippen LogP contribution in [0.3, 0.4) is 0 Å². The number of halogens is 1. The van der Waals surface area contributed by atoms with Crippen LogP contribution in [0.5, 0.6) is 5.75 Å². The Morgan fingerprint density at radius 1 is 0.972 bits per heavy atom. The van der Waals surface area contributed by atoms with Crippen LogP contribution in [0, 0.1) is 12.7 Å². The van der Waals surface area contributed by atoms with E-state index in [1.807, 2.05) is 48.2 Å². The minimum Gasteiger partial charge on any atom is -0.488 e. The highest BCUT2D eigenvalue weighted by Gasteiger charge is 2.25. The third-order valence-electron chi connectivity index (χ3n) is 6.22. The molecule has 1 aliphatic rings. The Morgan fingerprint density at radius 3 is 2.44 bits per heavy atom. The third-order valence-corrected chi connectivity index (χ3v) is 6.22. The van der Waals surface area contributed by atoms with Crippen LogP contribution in [0.25, 0.3) is 11.4 Å². The summed E-state index contributed by atoms with van der Waals surface area (Å²) in [5, 5.41) is 4.11. The first-order chi connectivity index (χ1) is 17.5. The maximum absolute atomic E-state index is 13.3. The van der Waals surface area contributed by atoms with Crippen molar-refractivity contribution in [1.29, 1.82) is 0 Å². The van der Waals surface area contributed by atoms with Crippen LogP contribution in [-0.2, 0) is 13.2 Å². The van der Waals surface area contributed by atoms with Crippen LogP contribution in [0.4, 0.5) is 4.39 Å². The molecule has 36 heavy (non-hydrogen) atoms. The Bertz CT molecular complexity index is 1310. The Labute approximate surface area is 209 Å². The van der Waals surface area contributed by atoms with Gasteiger partial charge in [0.25, 0.3) is 5.91 Å². The summed E-state index contributed by atoms with van der Waals surface area (Å²) < 4.78 is 24.5. The average molecular weight is 487 g/mol. The van der Waals surface area contributed by atoms with Gasteiger partial charge >= 0.3 is 0 Å². The average Bonchev–Trinajstić information content (AvgIpc) is 3.37. The van der Waals surface area contributed by atoms with E-state index in [-0.39, 0.29) is 18.3 Å². The molecule has 4 aromatic rings. The lowest BCUT2D eigenvalue weighted by Gasteiger charge is -2.34. The summed E-state index contributed by atoms with van der Waals surface area (Å²) in [4.78, 5) is 21.8. The summed E-state index contributed by atoms with van der Waals surface area (Å²) in [6, 6.07) is 21.4. The fraction of sp³-hybridized carbons (Fsp3) is 0.250. The van der Waals surface area contributed by atoms with Gasteiger partial charge in [0.1, 0.15) is 18.2 Å². The largest absolute Gasteiger partial charge is 0.488 e. The Morgan fingerprint density at radius 2 is 1.69 bits per heavy atom. The lowest BCUT2D eigenvalue weighted by atomic mass is 10.1. The zero-order valence-electron chi connectivity index (χ0n) is 20.1. The van der Waals surface area contributed by atoms with Crippen LogP contribution in [-0.4, -0.2) is 52.0 Å². The first-order valence-electron chi connectivity index (χ1n) is 11.9. The topological polar surface area (TPSA) is 71.7 Å². The minimum absolute atomic E-state index is 0.0659. The number of rotatable bonds is 7. The summed E-state index contributed by atoms with van der Waals surface area (Å²) >= 11 is 0. The number of piperazine rings is 1. The number of carbonyl (C=O) groups excluding carboxylic acids is 1. The van der Waals surface area contributed by atoms with E-state index in [0.717, 1.165) is 11.1 Å². The molecule has 1 aliphatic heterocycles. The van der Waals surface area contributed by atoms with E-state index < -0.39 is 0 Å². The number of aromatic nitrogens is 2. The van der Waals surface area contributed by atoms with Crippen molar-refractivity contribution in [3.63, 3.8) is 0 Å². The molecule has 0 radical (unpaired) electrons. The van der Waals surface area contributed by atoms with E-state index in [2.05, 4.69) is 15.0 Å². The number of hydrogen-bond acceptors (Lipinski definition) is 6. The van der Waals surface area contributed by atoms with Crippen molar-refractivity contribution in [1.82, 2.24) is 19.9 Å². The first-order valence-corrected chi connectivity index (χ1v) is 11.9. The van der Waals surface area contributed by atoms with Gasteiger partial charge in [0.2, 0.25) is 11.7 Å². The quantitative estimate of drug-likeness (QED) is 0.376. The molecule has 1 aromatic heterocycles. The van der Waals surface area contributed by atoms with Gasteiger partial charge < -0.3 is 14.2 Å². The molecule has 1 amide bonds. The van der Waals surface area contributed by atoms with Gasteiger partial charge in [-0.3, -0.25) is 9.69 Å². The number of aryl methyl sites for hydroxylation is 1. The van der Waals surface area contributed by atoms with E-state index >= 15 is 0 Å². The molecule has 0 atom stereocenters. The second-order valence-electron chi connectivity index (χ2n) is 8.86. The van der Waals surface area contributed by atoms with Crippen molar-refractivity contribution in [2.75, 3.05) is 26.2 Å². The monoisotopic (exact) mass is 486 g/mol. The molecule has 5 rings (SSSR count). The van der Waals surface area contributed by atoms with Crippen molar-refractivity contribution in [3.05, 3.63) is 101 Å². The second kappa shape index (κ2) is 10.7. The highest BCUT2D eigenvalue weighted by molar-refractivity contribution is 5.97. The normalized spacial score (nSPS) is 14.1. The zero-order chi connectivity index (χ0) is 24.9. The first kappa shape index (κ1) is 23.7. The van der Waals surface area contributed by atoms with Gasteiger partial charge in [0.15, 0.2) is 0 Å². The molecule has 8 heteroatoms. The summed E-state index contributed by atoms with van der Waals surface area (Å²) in [6.07, 6.45) is 0. The maximum Gasteiger partial charge on any atom is 0.257 e. The number of hydrogen-bond donors (Lipinski definition) is 0. The molecule has 0 saturated carbocycles. The lowest BCUT2D eigenvalue weighted by molar-refractivity contribution is 0.0610. The summed E-state index contributed by atoms with van der Waals surface area (Å²) in [7, 11) is 0. The molecule has 0 unspecified atom stereocenters. The van der Waals surface area contributed by atoms with Crippen LogP contribution in [0.15, 0.2) is 77.3 Å². The smallest absolute Gasteiger partial charge is 0.257 e. The summed E-state index contributed by atoms with van der Waals surface area (Å²) in [6.45, 7) is 5.41. The molecule has 7 nitrogen and oxygen atoms in total. The molecule has 1 saturated heterocycles. The van der Waals surface area contributed by atoms with E-state index in [0.29, 0.717) is 55.8 Å². The van der Waals surface area contributed by atoms with Crippen LogP contribution in [0.1, 0.15) is 27.4 Å². The highest BCUT2D eigenvalue weighted by Crippen LogP contribution is 2.23. The molecule has 3 aromatic carbocycles. The standard InChI is InChI=1S/C28H27FN4O3/c1-20-6-10-22(11-7-20)27-30-26(36-31-27)18-32-14-16-33(17-15-32)28(34)24-4-2-3-5-25(24)35-19-21-8-12-23(29)13-9-21/h2-13H,14-19H2,1H3. The molecule has 0 spiro atoms. The van der Waals surface area contributed by atoms with E-state index in [1.165, 1.54) is 17.7 Å². The lowest BCUT2D eigenvalue weighted by Crippen LogP contribution is -2.48. The SMILES string of the molecule is Cc1ccc(-c2noc(CN3CCN(C(=O)c4ccccc4OCc4ccc(F)cc4)CC3)n2)cc1. The van der Waals surface area contributed by atoms with Gasteiger partial charge in [0, 0.05) is 31.7 Å². The molecule has 0 aliphatic carbocycles. The van der Waals surface area contributed by atoms with Gasteiger partial charge in [0.05, 0.1) is 12.1 Å². The van der Waals surface area contributed by atoms with Crippen LogP contribution >= 0.6 is 0 Å². The maximum atomic E-state index is 13.3. The van der Waals surface area contributed by atoms with Gasteiger partial charge in [-0.15, -0.1) is 0 Å². The number of carbonyl (C=O) groups is 1. The summed E-state index contributed by atoms with van der Waals surface area (Å²) in [5.41, 5.74) is 3.45. The van der Waals surface area contributed by atoms with Crippen molar-refractivity contribution >= 4 is 5.91 Å². The molecular formula is C28H27FN4O3. The zero-order valence-corrected chi connectivity index (χ0v) is 20.1. The molecule has 0 bridgehead atoms. The number of para-hydroxylation sites is 1. The van der Waals surface area contributed by atoms with E-state index in [9.17, 15) is 9.18 Å². The number of benzene rings is 3. The van der Waals surface area contributed by atoms with Gasteiger partial charge in [-0.05, 0) is 36.8 Å². The van der Waals surface area contributed by atoms with E-state index in [1.54, 1.807) is 24.3 Å². The van der Waals surface area contributed by atoms with Crippen molar-refractivity contribution in [2.24, 2.45) is 0 Å². The van der Waals surface area contributed by atoms with Crippen molar-refractivity contribution in [2.45, 2.75) is 20.1 Å². The highest BCUT2D eigenvalue weighted by atomic mass is 19.1. The molecule has 1 fully saturated rings. The fourth-order valence-corrected chi connectivity index (χ4v) is 4.12. The molecule has 2 heterocycles. The molecular weight excluding hydrogens is 459 g/mol. The van der Waals surface area contributed by atoms with Gasteiger partial charge in [-0.2, -0.15) is 4.98 Å². The predicted octanol–water partition coefficient (Wildman–Crippen LogP) is 4.72. The summed E-state index contributed by atoms with van der Waals surface area (Å²) in [5.74, 6) is 1.30. The third kappa shape index (κ3) is 5.60. The Balaban J connectivity index is 1.16. The van der Waals surface area contributed by atoms with E-state index in [4.69, 9.17) is 9.26 Å². The molecule has 184 valence electrons. The van der Waals surface area contributed by atoms with Crippen molar-refractivity contribution in [3.8, 4) is 17.1 Å². The van der Waals surface area contributed by atoms with Crippen LogP contribution < -0.4 is 4.74 Å². The molecule has 0 N–H and O–H groups in total. The second-order valence-corrected chi connectivity index (χ2v) is 8.86. The Hall–Kier alpha value is -4.04. The van der Waals surface area contributed by atoms with Gasteiger partial charge in [-0.25, -0.2) is 4.39 Å².